The standard InChI is InChI=1S/C21H26N4O3/c22-17-7-12-6-13(8-15(12)17)23-9-11-2-1-3-14-16(11)10-25(21(14)28)18-4-5-19(26)24-20(18)27/h1-3,12-13,15,17-18,23H,4-10,22H2,(H,24,26,27)/t12-,13?,15-,17+,18?/m0/s1. The molecule has 2 unspecified atom stereocenters. The molecule has 28 heavy (non-hydrogen) atoms. The molecule has 2 heterocycles. The Kier molecular flexibility index (Phi) is 4.25. The van der Waals surface area contributed by atoms with Crippen molar-refractivity contribution in [1.29, 1.82) is 0 Å². The molecule has 2 aliphatic heterocycles. The van der Waals surface area contributed by atoms with Crippen molar-refractivity contribution in [3.05, 3.63) is 34.9 Å². The van der Waals surface area contributed by atoms with Gasteiger partial charge in [0.05, 0.1) is 0 Å². The van der Waals surface area contributed by atoms with Crippen LogP contribution in [0.15, 0.2) is 18.2 Å². The van der Waals surface area contributed by atoms with Crippen molar-refractivity contribution < 1.29 is 14.4 Å². The van der Waals surface area contributed by atoms with Crippen molar-refractivity contribution in [3.63, 3.8) is 0 Å². The Morgan fingerprint density at radius 1 is 1.18 bits per heavy atom. The van der Waals surface area contributed by atoms with Gasteiger partial charge in [-0.1, -0.05) is 12.1 Å². The summed E-state index contributed by atoms with van der Waals surface area (Å²) in [6.07, 6.45) is 4.15. The molecule has 0 aromatic heterocycles. The van der Waals surface area contributed by atoms with Gasteiger partial charge in [-0.3, -0.25) is 19.7 Å². The zero-order valence-electron chi connectivity index (χ0n) is 15.8. The van der Waals surface area contributed by atoms with Crippen LogP contribution in [0, 0.1) is 11.8 Å². The molecule has 7 nitrogen and oxygen atoms in total. The average Bonchev–Trinajstić information content (AvgIpc) is 3.18. The predicted molar refractivity (Wildman–Crippen MR) is 102 cm³/mol. The van der Waals surface area contributed by atoms with Gasteiger partial charge in [-0.25, -0.2) is 0 Å². The van der Waals surface area contributed by atoms with Crippen molar-refractivity contribution in [2.45, 2.75) is 63.3 Å². The van der Waals surface area contributed by atoms with E-state index in [0.717, 1.165) is 36.4 Å². The van der Waals surface area contributed by atoms with Gasteiger partial charge in [0.15, 0.2) is 0 Å². The Labute approximate surface area is 164 Å². The van der Waals surface area contributed by atoms with Gasteiger partial charge in [-0.15, -0.1) is 0 Å². The van der Waals surface area contributed by atoms with Crippen LogP contribution in [0.1, 0.15) is 53.6 Å². The number of nitrogens with one attached hydrogen (secondary N) is 2. The molecule has 5 atom stereocenters. The molecule has 1 aromatic carbocycles. The highest BCUT2D eigenvalue weighted by Crippen LogP contribution is 2.46. The second-order valence-corrected chi connectivity index (χ2v) is 8.72. The number of carbonyl (C=O) groups is 3. The highest BCUT2D eigenvalue weighted by Gasteiger charge is 2.45. The molecule has 148 valence electrons. The lowest BCUT2D eigenvalue weighted by molar-refractivity contribution is -0.136. The summed E-state index contributed by atoms with van der Waals surface area (Å²) in [6, 6.07) is 6.10. The van der Waals surface area contributed by atoms with E-state index in [0.29, 0.717) is 36.5 Å². The van der Waals surface area contributed by atoms with E-state index < -0.39 is 6.04 Å². The van der Waals surface area contributed by atoms with Crippen molar-refractivity contribution in [2.24, 2.45) is 17.6 Å². The third-order valence-corrected chi connectivity index (χ3v) is 7.13. The molecule has 2 aliphatic carbocycles. The predicted octanol–water partition coefficient (Wildman–Crippen LogP) is 0.663. The smallest absolute Gasteiger partial charge is 0.255 e. The maximum absolute atomic E-state index is 12.9. The minimum Gasteiger partial charge on any atom is -0.327 e. The minimum absolute atomic E-state index is 0.115. The topological polar surface area (TPSA) is 105 Å². The van der Waals surface area contributed by atoms with Gasteiger partial charge in [0.1, 0.15) is 6.04 Å². The molecule has 1 aromatic rings. The fourth-order valence-electron chi connectivity index (χ4n) is 5.52. The second-order valence-electron chi connectivity index (χ2n) is 8.72. The summed E-state index contributed by atoms with van der Waals surface area (Å²) >= 11 is 0. The maximum Gasteiger partial charge on any atom is 0.255 e. The lowest BCUT2D eigenvalue weighted by Gasteiger charge is -2.37. The molecule has 0 radical (unpaired) electrons. The first-order valence-electron chi connectivity index (χ1n) is 10.3. The summed E-state index contributed by atoms with van der Waals surface area (Å²) in [5, 5.41) is 6.02. The van der Waals surface area contributed by atoms with Crippen LogP contribution >= 0.6 is 0 Å². The van der Waals surface area contributed by atoms with E-state index in [9.17, 15) is 14.4 Å². The fourth-order valence-corrected chi connectivity index (χ4v) is 5.52. The Balaban J connectivity index is 1.28. The normalized spacial score (nSPS) is 34.1. The SMILES string of the molecule is N[C@@H]1C[C@@H]2CC(NCc3cccc4c3CN(C3CCC(=O)NC3=O)C4=O)C[C@@H]21. The number of nitrogens with two attached hydrogens (primary N) is 1. The molecular formula is C21H26N4O3. The van der Waals surface area contributed by atoms with Crippen molar-refractivity contribution in [2.75, 3.05) is 0 Å². The first kappa shape index (κ1) is 17.8. The maximum atomic E-state index is 12.9. The molecule has 1 saturated heterocycles. The molecule has 0 bridgehead atoms. The Morgan fingerprint density at radius 3 is 2.79 bits per heavy atom. The van der Waals surface area contributed by atoms with E-state index in [-0.39, 0.29) is 24.1 Å². The number of hydrogen-bond donors (Lipinski definition) is 3. The molecule has 7 heteroatoms. The quantitative estimate of drug-likeness (QED) is 0.664. The van der Waals surface area contributed by atoms with E-state index in [2.05, 4.69) is 16.7 Å². The highest BCUT2D eigenvalue weighted by atomic mass is 16.2. The van der Waals surface area contributed by atoms with E-state index in [1.807, 2.05) is 12.1 Å². The summed E-state index contributed by atoms with van der Waals surface area (Å²) in [6.45, 7) is 1.15. The van der Waals surface area contributed by atoms with Gasteiger partial charge in [0.25, 0.3) is 5.91 Å². The molecule has 4 N–H and O–H groups in total. The van der Waals surface area contributed by atoms with Crippen LogP contribution < -0.4 is 16.4 Å². The number of piperidine rings is 1. The summed E-state index contributed by atoms with van der Waals surface area (Å²) in [5.74, 6) is 0.703. The van der Waals surface area contributed by atoms with E-state index in [4.69, 9.17) is 5.73 Å². The van der Waals surface area contributed by atoms with Gasteiger partial charge in [-0.05, 0) is 54.7 Å². The molecule has 0 spiro atoms. The Bertz CT molecular complexity index is 854. The fraction of sp³-hybridized carbons (Fsp3) is 0.571. The second kappa shape index (κ2) is 6.67. The van der Waals surface area contributed by atoms with E-state index in [1.54, 1.807) is 4.90 Å². The monoisotopic (exact) mass is 382 g/mol. The lowest BCUT2D eigenvalue weighted by atomic mass is 9.72. The van der Waals surface area contributed by atoms with Gasteiger partial charge >= 0.3 is 0 Å². The Hall–Kier alpha value is -2.25. The van der Waals surface area contributed by atoms with Crippen LogP contribution in [0.2, 0.25) is 0 Å². The van der Waals surface area contributed by atoms with Crippen molar-refractivity contribution >= 4 is 17.7 Å². The first-order chi connectivity index (χ1) is 13.5. The lowest BCUT2D eigenvalue weighted by Crippen LogP contribution is -2.52. The van der Waals surface area contributed by atoms with Crippen LogP contribution in [0.5, 0.6) is 0 Å². The van der Waals surface area contributed by atoms with Gasteiger partial charge < -0.3 is 16.0 Å². The number of fused-ring (bicyclic) bond motifs is 2. The van der Waals surface area contributed by atoms with Crippen LogP contribution in [-0.2, 0) is 22.7 Å². The minimum atomic E-state index is -0.564. The molecule has 3 amide bonds. The van der Waals surface area contributed by atoms with Gasteiger partial charge in [0.2, 0.25) is 11.8 Å². The molecule has 3 fully saturated rings. The zero-order chi connectivity index (χ0) is 19.4. The van der Waals surface area contributed by atoms with Crippen molar-refractivity contribution in [1.82, 2.24) is 15.5 Å². The largest absolute Gasteiger partial charge is 0.327 e. The number of nitrogens with zero attached hydrogens (tertiary/aromatic N) is 1. The zero-order valence-corrected chi connectivity index (χ0v) is 15.8. The number of amides is 3. The number of rotatable bonds is 4. The summed E-state index contributed by atoms with van der Waals surface area (Å²) < 4.78 is 0. The van der Waals surface area contributed by atoms with E-state index >= 15 is 0 Å². The average molecular weight is 382 g/mol. The van der Waals surface area contributed by atoms with Crippen molar-refractivity contribution in [3.8, 4) is 0 Å². The highest BCUT2D eigenvalue weighted by molar-refractivity contribution is 6.05. The summed E-state index contributed by atoms with van der Waals surface area (Å²) in [4.78, 5) is 38.1. The molecule has 4 aliphatic rings. The van der Waals surface area contributed by atoms with Gasteiger partial charge in [-0.2, -0.15) is 0 Å². The molecule has 2 saturated carbocycles. The Morgan fingerprint density at radius 2 is 2.04 bits per heavy atom. The summed E-state index contributed by atoms with van der Waals surface area (Å²) in [5.41, 5.74) is 8.90. The van der Waals surface area contributed by atoms with E-state index in [1.165, 1.54) is 6.42 Å². The summed E-state index contributed by atoms with van der Waals surface area (Å²) in [7, 11) is 0. The molecule has 5 rings (SSSR count). The van der Waals surface area contributed by atoms with Crippen LogP contribution in [0.3, 0.4) is 0 Å². The van der Waals surface area contributed by atoms with Gasteiger partial charge in [0, 0.05) is 37.2 Å². The third-order valence-electron chi connectivity index (χ3n) is 7.13. The number of imide groups is 1. The first-order valence-corrected chi connectivity index (χ1v) is 10.3. The van der Waals surface area contributed by atoms with Crippen LogP contribution in [0.4, 0.5) is 0 Å². The number of benzene rings is 1. The third kappa shape index (κ3) is 2.84. The number of hydrogen-bond acceptors (Lipinski definition) is 5. The molecular weight excluding hydrogens is 356 g/mol. The van der Waals surface area contributed by atoms with Crippen LogP contribution in [0.25, 0.3) is 0 Å². The van der Waals surface area contributed by atoms with Crippen LogP contribution in [-0.4, -0.2) is 40.7 Å². The number of carbonyl (C=O) groups excluding carboxylic acids is 3.